The van der Waals surface area contributed by atoms with Crippen molar-refractivity contribution in [3.63, 3.8) is 0 Å². The number of halogens is 3. The highest BCUT2D eigenvalue weighted by Crippen LogP contribution is 2.28. The Kier molecular flexibility index (Phi) is 4.49. The molecule has 1 unspecified atom stereocenters. The molecular weight excluding hydrogens is 338 g/mol. The number of alkyl halides is 2. The molecule has 0 bridgehead atoms. The molecule has 124 valence electrons. The van der Waals surface area contributed by atoms with Crippen molar-refractivity contribution >= 4 is 28.6 Å². The minimum atomic E-state index is -2.79. The third kappa shape index (κ3) is 3.10. The van der Waals surface area contributed by atoms with Gasteiger partial charge in [-0.05, 0) is 37.3 Å². The second kappa shape index (κ2) is 6.57. The lowest BCUT2D eigenvalue weighted by Gasteiger charge is -2.15. The predicted molar refractivity (Wildman–Crippen MR) is 86.3 cm³/mol. The number of aromatic nitrogens is 2. The first kappa shape index (κ1) is 16.4. The first-order valence-corrected chi connectivity index (χ1v) is 7.56. The zero-order valence-electron chi connectivity index (χ0n) is 12.6. The van der Waals surface area contributed by atoms with Gasteiger partial charge in [-0.2, -0.15) is 8.78 Å². The molecule has 3 aromatic rings. The number of hydrogen-bond donors (Lipinski definition) is 0. The molecule has 2 aromatic carbocycles. The molecule has 1 aromatic heterocycles. The molecular formula is C17H13ClF2N2O2. The predicted octanol–water partition coefficient (Wildman–Crippen LogP) is 5.00. The van der Waals surface area contributed by atoms with E-state index < -0.39 is 18.6 Å². The Morgan fingerprint density at radius 2 is 1.96 bits per heavy atom. The number of hydrogen-bond acceptors (Lipinski definition) is 3. The van der Waals surface area contributed by atoms with Gasteiger partial charge < -0.3 is 4.74 Å². The Labute approximate surface area is 141 Å². The van der Waals surface area contributed by atoms with Crippen LogP contribution in [0.2, 0.25) is 5.02 Å². The van der Waals surface area contributed by atoms with E-state index in [0.29, 0.717) is 10.5 Å². The third-order valence-electron chi connectivity index (χ3n) is 3.53. The number of imidazole rings is 1. The number of benzene rings is 2. The van der Waals surface area contributed by atoms with E-state index in [1.807, 2.05) is 0 Å². The summed E-state index contributed by atoms with van der Waals surface area (Å²) in [6.45, 7) is -1.29. The summed E-state index contributed by atoms with van der Waals surface area (Å²) in [5.41, 5.74) is 0.945. The molecule has 0 saturated carbocycles. The number of ether oxygens (including phenoxy) is 1. The molecule has 1 atom stereocenters. The average Bonchev–Trinajstić information content (AvgIpc) is 2.94. The lowest BCUT2D eigenvalue weighted by Crippen LogP contribution is -2.14. The van der Waals surface area contributed by atoms with E-state index >= 15 is 0 Å². The van der Waals surface area contributed by atoms with E-state index in [0.717, 1.165) is 4.57 Å². The van der Waals surface area contributed by atoms with Gasteiger partial charge in [0.25, 0.3) is 0 Å². The second-order valence-corrected chi connectivity index (χ2v) is 5.60. The highest BCUT2D eigenvalue weighted by atomic mass is 35.5. The van der Waals surface area contributed by atoms with Crippen molar-refractivity contribution in [3.05, 3.63) is 64.9 Å². The smallest absolute Gasteiger partial charge is 0.338 e. The van der Waals surface area contributed by atoms with Gasteiger partial charge >= 0.3 is 12.5 Å². The Balaban J connectivity index is 1.92. The molecule has 7 heteroatoms. The molecule has 0 aliphatic carbocycles. The Bertz CT molecular complexity index is 895. The van der Waals surface area contributed by atoms with Gasteiger partial charge in [-0.1, -0.05) is 29.8 Å². The van der Waals surface area contributed by atoms with Crippen LogP contribution in [0.4, 0.5) is 8.78 Å². The van der Waals surface area contributed by atoms with E-state index in [1.165, 1.54) is 19.1 Å². The van der Waals surface area contributed by atoms with Gasteiger partial charge in [0.2, 0.25) is 0 Å². The van der Waals surface area contributed by atoms with Crippen molar-refractivity contribution in [2.24, 2.45) is 0 Å². The fourth-order valence-corrected chi connectivity index (χ4v) is 2.64. The number of carbonyl (C=O) groups excluding carboxylic acids is 1. The summed E-state index contributed by atoms with van der Waals surface area (Å²) in [7, 11) is 0. The van der Waals surface area contributed by atoms with E-state index in [1.54, 1.807) is 36.4 Å². The molecule has 0 spiro atoms. The minimum Gasteiger partial charge on any atom is -0.451 e. The van der Waals surface area contributed by atoms with E-state index in [-0.39, 0.29) is 16.9 Å². The first-order chi connectivity index (χ1) is 11.5. The zero-order valence-corrected chi connectivity index (χ0v) is 13.4. The van der Waals surface area contributed by atoms with E-state index in [9.17, 15) is 13.6 Å². The van der Waals surface area contributed by atoms with Crippen LogP contribution >= 0.6 is 11.6 Å². The van der Waals surface area contributed by atoms with Gasteiger partial charge in [-0.3, -0.25) is 4.57 Å². The summed E-state index contributed by atoms with van der Waals surface area (Å²) in [6, 6.07) is 12.7. The summed E-state index contributed by atoms with van der Waals surface area (Å²) < 4.78 is 32.9. The maximum atomic E-state index is 13.4. The van der Waals surface area contributed by atoms with Crippen LogP contribution in [0.3, 0.4) is 0 Å². The number of rotatable bonds is 4. The molecule has 0 radical (unpaired) electrons. The molecule has 3 rings (SSSR count). The number of para-hydroxylation sites is 2. The summed E-state index contributed by atoms with van der Waals surface area (Å²) >= 11 is 5.84. The molecule has 24 heavy (non-hydrogen) atoms. The van der Waals surface area contributed by atoms with Crippen molar-refractivity contribution in [1.82, 2.24) is 9.55 Å². The van der Waals surface area contributed by atoms with Crippen LogP contribution < -0.4 is 0 Å². The summed E-state index contributed by atoms with van der Waals surface area (Å²) in [5.74, 6) is -0.667. The number of esters is 1. The van der Waals surface area contributed by atoms with Crippen LogP contribution in [0, 0.1) is 0 Å². The van der Waals surface area contributed by atoms with Crippen molar-refractivity contribution in [2.75, 3.05) is 0 Å². The summed E-state index contributed by atoms with van der Waals surface area (Å²) in [4.78, 5) is 16.3. The normalized spacial score (nSPS) is 12.5. The first-order valence-electron chi connectivity index (χ1n) is 7.19. The maximum absolute atomic E-state index is 13.4. The van der Waals surface area contributed by atoms with Crippen LogP contribution in [0.1, 0.15) is 35.8 Å². The fourth-order valence-electron chi connectivity index (χ4n) is 2.45. The Morgan fingerprint density at radius 3 is 2.67 bits per heavy atom. The van der Waals surface area contributed by atoms with Gasteiger partial charge in [0, 0.05) is 5.02 Å². The van der Waals surface area contributed by atoms with Crippen LogP contribution in [0.15, 0.2) is 48.5 Å². The van der Waals surface area contributed by atoms with Crippen LogP contribution in [0.5, 0.6) is 0 Å². The van der Waals surface area contributed by atoms with Crippen molar-refractivity contribution in [2.45, 2.75) is 19.6 Å². The van der Waals surface area contributed by atoms with Crippen LogP contribution in [-0.4, -0.2) is 15.5 Å². The number of fused-ring (bicyclic) bond motifs is 1. The molecule has 0 aliphatic rings. The van der Waals surface area contributed by atoms with Gasteiger partial charge in [0.05, 0.1) is 16.6 Å². The van der Waals surface area contributed by atoms with Crippen LogP contribution in [0.25, 0.3) is 11.0 Å². The SMILES string of the molecule is CC(OC(=O)c1cccc(Cl)c1)c1nc2ccccc2n1C(F)F. The van der Waals surface area contributed by atoms with E-state index in [2.05, 4.69) is 4.98 Å². The van der Waals surface area contributed by atoms with Crippen LogP contribution in [-0.2, 0) is 4.74 Å². The van der Waals surface area contributed by atoms with Gasteiger partial charge in [-0.25, -0.2) is 9.78 Å². The second-order valence-electron chi connectivity index (χ2n) is 5.16. The zero-order chi connectivity index (χ0) is 17.3. The van der Waals surface area contributed by atoms with Gasteiger partial charge in [-0.15, -0.1) is 0 Å². The fraction of sp³-hybridized carbons (Fsp3) is 0.176. The molecule has 0 saturated heterocycles. The molecule has 0 amide bonds. The number of nitrogens with zero attached hydrogens (tertiary/aromatic N) is 2. The maximum Gasteiger partial charge on any atom is 0.338 e. The van der Waals surface area contributed by atoms with Crippen molar-refractivity contribution < 1.29 is 18.3 Å². The van der Waals surface area contributed by atoms with Gasteiger partial charge in [0.1, 0.15) is 0 Å². The third-order valence-corrected chi connectivity index (χ3v) is 3.76. The molecule has 0 aliphatic heterocycles. The Hall–Kier alpha value is -2.47. The lowest BCUT2D eigenvalue weighted by molar-refractivity contribution is 0.0233. The van der Waals surface area contributed by atoms with Crippen molar-refractivity contribution in [3.8, 4) is 0 Å². The quantitative estimate of drug-likeness (QED) is 0.622. The highest BCUT2D eigenvalue weighted by molar-refractivity contribution is 6.30. The average molecular weight is 351 g/mol. The Morgan fingerprint density at radius 1 is 1.21 bits per heavy atom. The van der Waals surface area contributed by atoms with E-state index in [4.69, 9.17) is 16.3 Å². The molecule has 0 N–H and O–H groups in total. The summed E-state index contributed by atoms with van der Waals surface area (Å²) in [6.07, 6.45) is -0.946. The topological polar surface area (TPSA) is 44.1 Å². The summed E-state index contributed by atoms with van der Waals surface area (Å²) in [5, 5.41) is 0.386. The standard InChI is InChI=1S/C17H13ClF2N2O2/c1-10(24-16(23)11-5-4-6-12(18)9-11)15-21-13-7-2-3-8-14(13)22(15)17(19)20/h2-10,17H,1H3. The highest BCUT2D eigenvalue weighted by Gasteiger charge is 2.24. The molecule has 0 fully saturated rings. The molecule has 1 heterocycles. The monoisotopic (exact) mass is 350 g/mol. The van der Waals surface area contributed by atoms with Gasteiger partial charge in [0.15, 0.2) is 11.9 Å². The van der Waals surface area contributed by atoms with Crippen molar-refractivity contribution in [1.29, 1.82) is 0 Å². The minimum absolute atomic E-state index is 0.0124. The largest absolute Gasteiger partial charge is 0.451 e. The number of carbonyl (C=O) groups is 1. The lowest BCUT2D eigenvalue weighted by atomic mass is 10.2. The molecule has 4 nitrogen and oxygen atoms in total.